The van der Waals surface area contributed by atoms with Gasteiger partial charge in [0.1, 0.15) is 5.82 Å². The Morgan fingerprint density at radius 3 is 2.81 bits per heavy atom. The van der Waals surface area contributed by atoms with Gasteiger partial charge in [0.15, 0.2) is 5.69 Å². The molecule has 1 aromatic heterocycles. The number of carboxylic acids is 1. The lowest BCUT2D eigenvalue weighted by Gasteiger charge is -2.05. The van der Waals surface area contributed by atoms with Gasteiger partial charge >= 0.3 is 5.97 Å². The quantitative estimate of drug-likeness (QED) is 0.841. The Kier molecular flexibility index (Phi) is 4.63. The summed E-state index contributed by atoms with van der Waals surface area (Å²) in [5.74, 6) is -2.12. The highest BCUT2D eigenvalue weighted by atomic mass is 79.9. The van der Waals surface area contributed by atoms with Gasteiger partial charge in [-0.2, -0.15) is 0 Å². The zero-order valence-corrected chi connectivity index (χ0v) is 12.2. The van der Waals surface area contributed by atoms with Crippen LogP contribution in [-0.4, -0.2) is 38.5 Å². The highest BCUT2D eigenvalue weighted by Gasteiger charge is 2.10. The molecule has 110 valence electrons. The van der Waals surface area contributed by atoms with Crippen LogP contribution in [0, 0.1) is 5.82 Å². The van der Waals surface area contributed by atoms with Crippen molar-refractivity contribution in [3.63, 3.8) is 0 Å². The number of carbonyl (C=O) groups is 2. The van der Waals surface area contributed by atoms with Crippen molar-refractivity contribution in [1.82, 2.24) is 20.3 Å². The van der Waals surface area contributed by atoms with Gasteiger partial charge in [0.25, 0.3) is 5.91 Å². The largest absolute Gasteiger partial charge is 0.476 e. The fourth-order valence-corrected chi connectivity index (χ4v) is 1.78. The van der Waals surface area contributed by atoms with Crippen molar-refractivity contribution in [2.45, 2.75) is 6.54 Å². The van der Waals surface area contributed by atoms with Gasteiger partial charge in [-0.15, -0.1) is 5.10 Å². The zero-order valence-electron chi connectivity index (χ0n) is 10.6. The second-order valence-corrected chi connectivity index (χ2v) is 4.91. The molecule has 0 aliphatic carbocycles. The van der Waals surface area contributed by atoms with E-state index in [9.17, 15) is 14.0 Å². The van der Waals surface area contributed by atoms with E-state index in [2.05, 4.69) is 31.6 Å². The van der Waals surface area contributed by atoms with Gasteiger partial charge < -0.3 is 10.4 Å². The maximum absolute atomic E-state index is 13.3. The fraction of sp³-hybridized carbons (Fsp3) is 0.167. The van der Waals surface area contributed by atoms with Gasteiger partial charge in [0, 0.05) is 12.1 Å². The van der Waals surface area contributed by atoms with Crippen LogP contribution in [0.15, 0.2) is 28.9 Å². The molecule has 0 radical (unpaired) electrons. The highest BCUT2D eigenvalue weighted by molar-refractivity contribution is 9.10. The summed E-state index contributed by atoms with van der Waals surface area (Å²) in [6, 6.07) is 4.05. The van der Waals surface area contributed by atoms with Crippen molar-refractivity contribution >= 4 is 27.8 Å². The number of carboxylic acid groups (broad SMARTS) is 1. The van der Waals surface area contributed by atoms with Crippen LogP contribution in [0.1, 0.15) is 20.8 Å². The first-order valence-electron chi connectivity index (χ1n) is 5.84. The molecule has 1 amide bonds. The Hall–Kier alpha value is -2.29. The SMILES string of the molecule is O=C(NCCn1cc(C(=O)O)nn1)c1ccc(Br)c(F)c1. The molecule has 7 nitrogen and oxygen atoms in total. The summed E-state index contributed by atoms with van der Waals surface area (Å²) in [6.07, 6.45) is 1.26. The molecule has 1 aromatic carbocycles. The number of benzene rings is 1. The molecule has 0 unspecified atom stereocenters. The Morgan fingerprint density at radius 2 is 2.19 bits per heavy atom. The van der Waals surface area contributed by atoms with E-state index in [-0.39, 0.29) is 28.8 Å². The van der Waals surface area contributed by atoms with E-state index in [1.165, 1.54) is 23.0 Å². The van der Waals surface area contributed by atoms with Crippen molar-refractivity contribution in [2.75, 3.05) is 6.54 Å². The standard InChI is InChI=1S/C12H10BrFN4O3/c13-8-2-1-7(5-9(8)14)11(19)15-3-4-18-6-10(12(20)21)16-17-18/h1-2,5-6H,3-4H2,(H,15,19)(H,20,21). The van der Waals surface area contributed by atoms with E-state index in [1.54, 1.807) is 0 Å². The van der Waals surface area contributed by atoms with Crippen LogP contribution >= 0.6 is 15.9 Å². The monoisotopic (exact) mass is 356 g/mol. The number of nitrogens with one attached hydrogen (secondary N) is 1. The van der Waals surface area contributed by atoms with E-state index in [4.69, 9.17) is 5.11 Å². The van der Waals surface area contributed by atoms with Crippen LogP contribution in [0.5, 0.6) is 0 Å². The summed E-state index contributed by atoms with van der Waals surface area (Å²) in [5.41, 5.74) is 0.0248. The number of halogens is 2. The number of nitrogens with zero attached hydrogens (tertiary/aromatic N) is 3. The average Bonchev–Trinajstić information content (AvgIpc) is 2.91. The molecule has 2 rings (SSSR count). The predicted octanol–water partition coefficient (Wildman–Crippen LogP) is 1.31. The molecule has 0 atom stereocenters. The number of hydrogen-bond donors (Lipinski definition) is 2. The molecule has 0 saturated heterocycles. The van der Waals surface area contributed by atoms with Crippen LogP contribution in [0.3, 0.4) is 0 Å². The van der Waals surface area contributed by atoms with E-state index < -0.39 is 17.7 Å². The van der Waals surface area contributed by atoms with Gasteiger partial charge in [-0.3, -0.25) is 4.79 Å². The molecule has 2 aromatic rings. The van der Waals surface area contributed by atoms with Crippen LogP contribution in [0.25, 0.3) is 0 Å². The zero-order chi connectivity index (χ0) is 15.4. The van der Waals surface area contributed by atoms with E-state index in [0.29, 0.717) is 0 Å². The van der Waals surface area contributed by atoms with E-state index in [0.717, 1.165) is 6.07 Å². The van der Waals surface area contributed by atoms with Crippen molar-refractivity contribution in [3.05, 3.63) is 45.9 Å². The Balaban J connectivity index is 1.88. The molecule has 9 heteroatoms. The first-order chi connectivity index (χ1) is 9.97. The normalized spacial score (nSPS) is 10.4. The Bertz CT molecular complexity index is 689. The lowest BCUT2D eigenvalue weighted by atomic mass is 10.2. The number of hydrogen-bond acceptors (Lipinski definition) is 4. The number of amides is 1. The first-order valence-corrected chi connectivity index (χ1v) is 6.63. The minimum Gasteiger partial charge on any atom is -0.476 e. The number of aromatic carboxylic acids is 1. The van der Waals surface area contributed by atoms with Gasteiger partial charge in [-0.1, -0.05) is 5.21 Å². The van der Waals surface area contributed by atoms with Crippen molar-refractivity contribution < 1.29 is 19.1 Å². The third-order valence-electron chi connectivity index (χ3n) is 2.57. The smallest absolute Gasteiger partial charge is 0.358 e. The van der Waals surface area contributed by atoms with Crippen molar-refractivity contribution in [3.8, 4) is 0 Å². The number of rotatable bonds is 5. The Labute approximate surface area is 126 Å². The molecule has 1 heterocycles. The summed E-state index contributed by atoms with van der Waals surface area (Å²) in [4.78, 5) is 22.4. The molecule has 0 saturated carbocycles. The summed E-state index contributed by atoms with van der Waals surface area (Å²) >= 11 is 3.00. The molecule has 0 fully saturated rings. The highest BCUT2D eigenvalue weighted by Crippen LogP contribution is 2.16. The molecular formula is C12H10BrFN4O3. The second-order valence-electron chi connectivity index (χ2n) is 4.06. The summed E-state index contributed by atoms with van der Waals surface area (Å²) in [5, 5.41) is 18.3. The maximum Gasteiger partial charge on any atom is 0.358 e. The van der Waals surface area contributed by atoms with Crippen LogP contribution < -0.4 is 5.32 Å². The van der Waals surface area contributed by atoms with E-state index in [1.807, 2.05) is 0 Å². The second kappa shape index (κ2) is 6.44. The van der Waals surface area contributed by atoms with Gasteiger partial charge in [0.2, 0.25) is 0 Å². The Morgan fingerprint density at radius 1 is 1.43 bits per heavy atom. The minimum atomic E-state index is -1.17. The molecule has 0 spiro atoms. The van der Waals surface area contributed by atoms with Gasteiger partial charge in [-0.25, -0.2) is 13.9 Å². The minimum absolute atomic E-state index is 0.170. The molecule has 0 bridgehead atoms. The maximum atomic E-state index is 13.3. The lowest BCUT2D eigenvalue weighted by Crippen LogP contribution is -2.27. The fourth-order valence-electron chi connectivity index (χ4n) is 1.53. The predicted molar refractivity (Wildman–Crippen MR) is 73.4 cm³/mol. The summed E-state index contributed by atoms with van der Waals surface area (Å²) in [7, 11) is 0. The topological polar surface area (TPSA) is 97.1 Å². The summed E-state index contributed by atoms with van der Waals surface area (Å²) in [6.45, 7) is 0.462. The number of carbonyl (C=O) groups excluding carboxylic acids is 1. The van der Waals surface area contributed by atoms with Crippen LogP contribution in [0.2, 0.25) is 0 Å². The third kappa shape index (κ3) is 3.85. The van der Waals surface area contributed by atoms with Gasteiger partial charge in [0.05, 0.1) is 17.2 Å². The average molecular weight is 357 g/mol. The first kappa shape index (κ1) is 15.1. The number of aromatic nitrogens is 3. The molecule has 2 N–H and O–H groups in total. The molecule has 21 heavy (non-hydrogen) atoms. The van der Waals surface area contributed by atoms with Crippen LogP contribution in [-0.2, 0) is 6.54 Å². The van der Waals surface area contributed by atoms with Crippen molar-refractivity contribution in [2.24, 2.45) is 0 Å². The molecule has 0 aliphatic heterocycles. The molecule has 0 aliphatic rings. The third-order valence-corrected chi connectivity index (χ3v) is 3.21. The van der Waals surface area contributed by atoms with Crippen molar-refractivity contribution in [1.29, 1.82) is 0 Å². The van der Waals surface area contributed by atoms with E-state index >= 15 is 0 Å². The summed E-state index contributed by atoms with van der Waals surface area (Å²) < 4.78 is 14.9. The van der Waals surface area contributed by atoms with Gasteiger partial charge in [-0.05, 0) is 34.1 Å². The van der Waals surface area contributed by atoms with Crippen LogP contribution in [0.4, 0.5) is 4.39 Å². The lowest BCUT2D eigenvalue weighted by molar-refractivity contribution is 0.0690. The molecular weight excluding hydrogens is 347 g/mol.